The van der Waals surface area contributed by atoms with Crippen LogP contribution in [0.5, 0.6) is 0 Å². The van der Waals surface area contributed by atoms with E-state index in [0.29, 0.717) is 29.6 Å². The maximum atomic E-state index is 13.1. The summed E-state index contributed by atoms with van der Waals surface area (Å²) in [5.74, 6) is -0.0172. The predicted molar refractivity (Wildman–Crippen MR) is 123 cm³/mol. The highest BCUT2D eigenvalue weighted by molar-refractivity contribution is 7.89. The number of hydrogen-bond donors (Lipinski definition) is 1. The number of fused-ring (bicyclic) bond motifs is 2. The first-order valence-electron chi connectivity index (χ1n) is 11.4. The standard InChI is InChI=1S/C25H28N2O4S/c1-17-21-16-19(32(29,30)27-14-5-2-6-15-27)12-13-23(21)31-24(17)25(28)26-22-11-7-9-18-8-3-4-10-20(18)22/h3-4,8,10,12-13,16,22H,2,5-7,9,11,14-15H2,1H3,(H,26,28)/t22-/m1/s1. The lowest BCUT2D eigenvalue weighted by molar-refractivity contribution is 0.0906. The second-order valence-corrected chi connectivity index (χ2v) is 10.7. The van der Waals surface area contributed by atoms with Crippen molar-refractivity contribution in [1.29, 1.82) is 0 Å². The van der Waals surface area contributed by atoms with Gasteiger partial charge in [-0.1, -0.05) is 30.7 Å². The van der Waals surface area contributed by atoms with Crippen molar-refractivity contribution in [2.75, 3.05) is 13.1 Å². The third-order valence-electron chi connectivity index (χ3n) is 6.74. The first-order chi connectivity index (χ1) is 15.4. The van der Waals surface area contributed by atoms with Crippen LogP contribution in [0, 0.1) is 6.92 Å². The summed E-state index contributed by atoms with van der Waals surface area (Å²) in [7, 11) is -3.55. The van der Waals surface area contributed by atoms with E-state index in [1.807, 2.05) is 19.1 Å². The molecule has 1 amide bonds. The Bertz CT molecular complexity index is 1270. The summed E-state index contributed by atoms with van der Waals surface area (Å²) >= 11 is 0. The number of nitrogens with zero attached hydrogens (tertiary/aromatic N) is 1. The Morgan fingerprint density at radius 2 is 1.84 bits per heavy atom. The molecule has 168 valence electrons. The first-order valence-corrected chi connectivity index (χ1v) is 12.8. The second kappa shape index (κ2) is 8.37. The molecular formula is C25H28N2O4S. The van der Waals surface area contributed by atoms with E-state index < -0.39 is 10.0 Å². The van der Waals surface area contributed by atoms with Gasteiger partial charge < -0.3 is 9.73 Å². The quantitative estimate of drug-likeness (QED) is 0.621. The Labute approximate surface area is 188 Å². The smallest absolute Gasteiger partial charge is 0.287 e. The van der Waals surface area contributed by atoms with Gasteiger partial charge in [-0.25, -0.2) is 8.42 Å². The van der Waals surface area contributed by atoms with Crippen LogP contribution < -0.4 is 5.32 Å². The van der Waals surface area contributed by atoms with Crippen molar-refractivity contribution < 1.29 is 17.6 Å². The highest BCUT2D eigenvalue weighted by Crippen LogP contribution is 2.32. The van der Waals surface area contributed by atoms with Gasteiger partial charge in [0.1, 0.15) is 5.58 Å². The van der Waals surface area contributed by atoms with Crippen molar-refractivity contribution in [3.05, 3.63) is 64.9 Å². The fourth-order valence-electron chi connectivity index (χ4n) is 4.96. The summed E-state index contributed by atoms with van der Waals surface area (Å²) in [6.07, 6.45) is 5.79. The van der Waals surface area contributed by atoms with Crippen molar-refractivity contribution in [1.82, 2.24) is 9.62 Å². The minimum atomic E-state index is -3.55. The molecule has 1 N–H and O–H groups in total. The third-order valence-corrected chi connectivity index (χ3v) is 8.64. The van der Waals surface area contributed by atoms with E-state index in [2.05, 4.69) is 17.4 Å². The van der Waals surface area contributed by atoms with Crippen molar-refractivity contribution in [3.8, 4) is 0 Å². The Hall–Kier alpha value is -2.64. The molecule has 7 heteroatoms. The number of carbonyl (C=O) groups excluding carboxylic acids is 1. The Balaban J connectivity index is 1.43. The van der Waals surface area contributed by atoms with Crippen molar-refractivity contribution in [3.63, 3.8) is 0 Å². The van der Waals surface area contributed by atoms with E-state index in [9.17, 15) is 13.2 Å². The number of amides is 1. The molecule has 1 aliphatic heterocycles. The topological polar surface area (TPSA) is 79.6 Å². The number of nitrogens with one attached hydrogen (secondary N) is 1. The summed E-state index contributed by atoms with van der Waals surface area (Å²) in [5.41, 5.74) is 3.63. The summed E-state index contributed by atoms with van der Waals surface area (Å²) in [6, 6.07) is 13.1. The van der Waals surface area contributed by atoms with Crippen molar-refractivity contribution >= 4 is 26.9 Å². The highest BCUT2D eigenvalue weighted by atomic mass is 32.2. The zero-order valence-corrected chi connectivity index (χ0v) is 19.1. The van der Waals surface area contributed by atoms with Crippen LogP contribution in [0.15, 0.2) is 51.8 Å². The molecule has 32 heavy (non-hydrogen) atoms. The van der Waals surface area contributed by atoms with Crippen molar-refractivity contribution in [2.45, 2.75) is 56.4 Å². The van der Waals surface area contributed by atoms with Crippen LogP contribution in [0.4, 0.5) is 0 Å². The number of sulfonamides is 1. The Kier molecular flexibility index (Phi) is 5.55. The average molecular weight is 453 g/mol. The van der Waals surface area contributed by atoms with Gasteiger partial charge in [-0.05, 0) is 68.4 Å². The zero-order chi connectivity index (χ0) is 22.3. The van der Waals surface area contributed by atoms with Gasteiger partial charge in [-0.2, -0.15) is 4.31 Å². The monoisotopic (exact) mass is 452 g/mol. The normalized spacial score (nSPS) is 19.6. The molecule has 0 radical (unpaired) electrons. The van der Waals surface area contributed by atoms with Gasteiger partial charge in [0.15, 0.2) is 5.76 Å². The molecule has 0 unspecified atom stereocenters. The number of carbonyl (C=O) groups is 1. The molecule has 0 spiro atoms. The number of benzene rings is 2. The van der Waals surface area contributed by atoms with Gasteiger partial charge in [-0.15, -0.1) is 0 Å². The Morgan fingerprint density at radius 3 is 2.66 bits per heavy atom. The van der Waals surface area contributed by atoms with E-state index in [1.54, 1.807) is 22.5 Å². The maximum absolute atomic E-state index is 13.1. The molecule has 2 aromatic carbocycles. The van der Waals surface area contributed by atoms with Crippen LogP contribution >= 0.6 is 0 Å². The van der Waals surface area contributed by atoms with E-state index in [1.165, 1.54) is 5.56 Å². The number of hydrogen-bond acceptors (Lipinski definition) is 4. The van der Waals surface area contributed by atoms with Gasteiger partial charge in [0.25, 0.3) is 5.91 Å². The molecule has 0 bridgehead atoms. The minimum Gasteiger partial charge on any atom is -0.451 e. The molecule has 1 fully saturated rings. The van der Waals surface area contributed by atoms with Gasteiger partial charge in [0.2, 0.25) is 10.0 Å². The molecule has 1 saturated heterocycles. The largest absolute Gasteiger partial charge is 0.451 e. The molecule has 0 saturated carbocycles. The molecule has 3 aromatic rings. The molecule has 5 rings (SSSR count). The van der Waals surface area contributed by atoms with Crippen LogP contribution in [-0.4, -0.2) is 31.7 Å². The molecule has 2 heterocycles. The lowest BCUT2D eigenvalue weighted by atomic mass is 9.87. The molecule has 1 aromatic heterocycles. The van der Waals surface area contributed by atoms with E-state index in [-0.39, 0.29) is 22.6 Å². The van der Waals surface area contributed by atoms with E-state index >= 15 is 0 Å². The van der Waals surface area contributed by atoms with Gasteiger partial charge >= 0.3 is 0 Å². The van der Waals surface area contributed by atoms with Gasteiger partial charge in [0, 0.05) is 24.0 Å². The fourth-order valence-corrected chi connectivity index (χ4v) is 6.50. The number of piperidine rings is 1. The summed E-state index contributed by atoms with van der Waals surface area (Å²) < 4.78 is 33.6. The van der Waals surface area contributed by atoms with Crippen LogP contribution in [0.3, 0.4) is 0 Å². The number of aryl methyl sites for hydroxylation is 2. The lowest BCUT2D eigenvalue weighted by Gasteiger charge is -2.26. The van der Waals surface area contributed by atoms with Crippen LogP contribution in [0.1, 0.15) is 65.4 Å². The molecular weight excluding hydrogens is 424 g/mol. The number of furan rings is 1. The molecule has 6 nitrogen and oxygen atoms in total. The fraction of sp³-hybridized carbons (Fsp3) is 0.400. The predicted octanol–water partition coefficient (Wildman–Crippen LogP) is 4.72. The van der Waals surface area contributed by atoms with E-state index in [4.69, 9.17) is 4.42 Å². The molecule has 1 atom stereocenters. The van der Waals surface area contributed by atoms with Crippen molar-refractivity contribution in [2.24, 2.45) is 0 Å². The average Bonchev–Trinajstić information content (AvgIpc) is 3.16. The molecule has 2 aliphatic rings. The van der Waals surface area contributed by atoms with Crippen LogP contribution in [-0.2, 0) is 16.4 Å². The second-order valence-electron chi connectivity index (χ2n) is 8.80. The Morgan fingerprint density at radius 1 is 1.06 bits per heavy atom. The zero-order valence-electron chi connectivity index (χ0n) is 18.3. The first kappa shape index (κ1) is 21.2. The SMILES string of the molecule is Cc1c(C(=O)N[C@@H]2CCCc3ccccc32)oc2ccc(S(=O)(=O)N3CCCCC3)cc12. The van der Waals surface area contributed by atoms with E-state index in [0.717, 1.165) is 44.1 Å². The van der Waals surface area contributed by atoms with Crippen LogP contribution in [0.2, 0.25) is 0 Å². The highest BCUT2D eigenvalue weighted by Gasteiger charge is 2.28. The lowest BCUT2D eigenvalue weighted by Crippen LogP contribution is -2.35. The third kappa shape index (κ3) is 3.73. The van der Waals surface area contributed by atoms with Gasteiger partial charge in [0.05, 0.1) is 10.9 Å². The minimum absolute atomic E-state index is 0.0462. The van der Waals surface area contributed by atoms with Crippen LogP contribution in [0.25, 0.3) is 11.0 Å². The number of rotatable bonds is 4. The van der Waals surface area contributed by atoms with Gasteiger partial charge in [-0.3, -0.25) is 4.79 Å². The summed E-state index contributed by atoms with van der Waals surface area (Å²) in [5, 5.41) is 3.79. The maximum Gasteiger partial charge on any atom is 0.287 e. The molecule has 1 aliphatic carbocycles. The summed E-state index contributed by atoms with van der Waals surface area (Å²) in [6.45, 7) is 2.93. The summed E-state index contributed by atoms with van der Waals surface area (Å²) in [4.78, 5) is 13.4.